The van der Waals surface area contributed by atoms with Crippen LogP contribution in [0.25, 0.3) is 0 Å². The van der Waals surface area contributed by atoms with Gasteiger partial charge in [-0.05, 0) is 19.3 Å². The van der Waals surface area contributed by atoms with E-state index >= 15 is 0 Å². The molecule has 0 aliphatic heterocycles. The normalized spacial score (nSPS) is 13.2. The lowest BCUT2D eigenvalue weighted by molar-refractivity contribution is 0.333. The molecule has 18 heavy (non-hydrogen) atoms. The maximum Gasteiger partial charge on any atom is 0.243 e. The highest BCUT2D eigenvalue weighted by atomic mass is 32.1. The summed E-state index contributed by atoms with van der Waals surface area (Å²) in [4.78, 5) is 8.70. The molecule has 5 nitrogen and oxygen atoms in total. The third-order valence-electron chi connectivity index (χ3n) is 2.53. The largest absolute Gasteiger partial charge is 0.338 e. The van der Waals surface area contributed by atoms with E-state index in [2.05, 4.69) is 29.0 Å². The average Bonchev–Trinajstić information content (AvgIpc) is 2.87. The van der Waals surface area contributed by atoms with Crippen LogP contribution in [0.2, 0.25) is 0 Å². The SMILES string of the molecule is Cc1nc(Cc2noc([C@@H](N)CC(C)C)n2)cs1. The van der Waals surface area contributed by atoms with Gasteiger partial charge >= 0.3 is 0 Å². The molecule has 0 aromatic carbocycles. The number of hydrogen-bond donors (Lipinski definition) is 1. The Labute approximate surface area is 110 Å². The van der Waals surface area contributed by atoms with Gasteiger partial charge in [-0.25, -0.2) is 4.98 Å². The number of rotatable bonds is 5. The zero-order valence-corrected chi connectivity index (χ0v) is 11.7. The summed E-state index contributed by atoms with van der Waals surface area (Å²) in [6, 6.07) is -0.177. The van der Waals surface area contributed by atoms with E-state index in [0.717, 1.165) is 17.1 Å². The molecule has 0 fully saturated rings. The third kappa shape index (κ3) is 3.36. The summed E-state index contributed by atoms with van der Waals surface area (Å²) in [6.07, 6.45) is 1.44. The first kappa shape index (κ1) is 13.2. The Hall–Kier alpha value is -1.27. The van der Waals surface area contributed by atoms with E-state index in [0.29, 0.717) is 24.1 Å². The minimum atomic E-state index is -0.177. The van der Waals surface area contributed by atoms with Gasteiger partial charge < -0.3 is 10.3 Å². The van der Waals surface area contributed by atoms with Gasteiger partial charge in [0.15, 0.2) is 5.82 Å². The second-order valence-electron chi connectivity index (χ2n) is 4.82. The second-order valence-corrected chi connectivity index (χ2v) is 5.88. The molecule has 0 saturated carbocycles. The van der Waals surface area contributed by atoms with Crippen molar-refractivity contribution in [3.63, 3.8) is 0 Å². The summed E-state index contributed by atoms with van der Waals surface area (Å²) < 4.78 is 5.20. The lowest BCUT2D eigenvalue weighted by Crippen LogP contribution is -2.13. The van der Waals surface area contributed by atoms with Crippen LogP contribution < -0.4 is 5.73 Å². The molecule has 0 aliphatic carbocycles. The van der Waals surface area contributed by atoms with E-state index in [4.69, 9.17) is 10.3 Å². The topological polar surface area (TPSA) is 77.8 Å². The molecular weight excluding hydrogens is 248 g/mol. The highest BCUT2D eigenvalue weighted by Gasteiger charge is 2.16. The second kappa shape index (κ2) is 5.58. The van der Waals surface area contributed by atoms with Gasteiger partial charge in [0.2, 0.25) is 5.89 Å². The van der Waals surface area contributed by atoms with Gasteiger partial charge in [-0.3, -0.25) is 0 Å². The molecule has 6 heteroatoms. The highest BCUT2D eigenvalue weighted by Crippen LogP contribution is 2.18. The average molecular weight is 266 g/mol. The molecule has 2 rings (SSSR count). The number of nitrogens with two attached hydrogens (primary N) is 1. The molecule has 98 valence electrons. The van der Waals surface area contributed by atoms with Gasteiger partial charge in [-0.2, -0.15) is 4.98 Å². The molecule has 0 saturated heterocycles. The monoisotopic (exact) mass is 266 g/mol. The van der Waals surface area contributed by atoms with Crippen molar-refractivity contribution in [2.75, 3.05) is 0 Å². The van der Waals surface area contributed by atoms with Crippen LogP contribution in [-0.4, -0.2) is 15.1 Å². The Balaban J connectivity index is 2.01. The van der Waals surface area contributed by atoms with E-state index in [1.54, 1.807) is 11.3 Å². The van der Waals surface area contributed by atoms with Gasteiger partial charge in [-0.15, -0.1) is 11.3 Å². The molecule has 0 spiro atoms. The zero-order valence-electron chi connectivity index (χ0n) is 10.9. The first-order valence-electron chi connectivity index (χ1n) is 6.03. The highest BCUT2D eigenvalue weighted by molar-refractivity contribution is 7.09. The maximum atomic E-state index is 6.00. The van der Waals surface area contributed by atoms with Crippen LogP contribution in [0.4, 0.5) is 0 Å². The van der Waals surface area contributed by atoms with E-state index in [1.807, 2.05) is 12.3 Å². The summed E-state index contributed by atoms with van der Waals surface area (Å²) in [5, 5.41) is 7.01. The lowest BCUT2D eigenvalue weighted by Gasteiger charge is -2.08. The fraction of sp³-hybridized carbons (Fsp3) is 0.583. The van der Waals surface area contributed by atoms with Crippen LogP contribution in [0.3, 0.4) is 0 Å². The Kier molecular flexibility index (Phi) is 4.08. The minimum Gasteiger partial charge on any atom is -0.338 e. The Bertz CT molecular complexity index is 506. The first-order valence-corrected chi connectivity index (χ1v) is 6.91. The van der Waals surface area contributed by atoms with Crippen molar-refractivity contribution < 1.29 is 4.52 Å². The molecule has 2 aromatic rings. The Morgan fingerprint density at radius 3 is 2.78 bits per heavy atom. The predicted molar refractivity (Wildman–Crippen MR) is 70.3 cm³/mol. The summed E-state index contributed by atoms with van der Waals surface area (Å²) >= 11 is 1.62. The fourth-order valence-corrected chi connectivity index (χ4v) is 2.36. The fourth-order valence-electron chi connectivity index (χ4n) is 1.75. The summed E-state index contributed by atoms with van der Waals surface area (Å²) in [5.41, 5.74) is 6.97. The molecule has 1 atom stereocenters. The minimum absolute atomic E-state index is 0.177. The third-order valence-corrected chi connectivity index (χ3v) is 3.35. The summed E-state index contributed by atoms with van der Waals surface area (Å²) in [6.45, 7) is 6.22. The molecule has 0 aliphatic rings. The van der Waals surface area contributed by atoms with Crippen LogP contribution in [0.15, 0.2) is 9.90 Å². The number of aromatic nitrogens is 3. The van der Waals surface area contributed by atoms with Crippen LogP contribution in [0, 0.1) is 12.8 Å². The van der Waals surface area contributed by atoms with Crippen LogP contribution in [-0.2, 0) is 6.42 Å². The Morgan fingerprint density at radius 2 is 2.17 bits per heavy atom. The van der Waals surface area contributed by atoms with Gasteiger partial charge in [-0.1, -0.05) is 19.0 Å². The van der Waals surface area contributed by atoms with Gasteiger partial charge in [0.25, 0.3) is 0 Å². The summed E-state index contributed by atoms with van der Waals surface area (Å²) in [5.74, 6) is 1.68. The van der Waals surface area contributed by atoms with Crippen LogP contribution >= 0.6 is 11.3 Å². The summed E-state index contributed by atoms with van der Waals surface area (Å²) in [7, 11) is 0. The molecule has 0 radical (unpaired) electrons. The quantitative estimate of drug-likeness (QED) is 0.899. The van der Waals surface area contributed by atoms with Crippen molar-refractivity contribution in [2.24, 2.45) is 11.7 Å². The van der Waals surface area contributed by atoms with Gasteiger partial charge in [0.1, 0.15) is 0 Å². The zero-order chi connectivity index (χ0) is 13.1. The molecule has 0 amide bonds. The Morgan fingerprint density at radius 1 is 1.39 bits per heavy atom. The number of hydrogen-bond acceptors (Lipinski definition) is 6. The molecule has 2 N–H and O–H groups in total. The van der Waals surface area contributed by atoms with Crippen molar-refractivity contribution >= 4 is 11.3 Å². The van der Waals surface area contributed by atoms with Crippen molar-refractivity contribution in [3.05, 3.63) is 27.8 Å². The van der Waals surface area contributed by atoms with Gasteiger partial charge in [0, 0.05) is 5.38 Å². The van der Waals surface area contributed by atoms with Crippen LogP contribution in [0.5, 0.6) is 0 Å². The molecule has 2 heterocycles. The molecule has 0 unspecified atom stereocenters. The van der Waals surface area contributed by atoms with E-state index < -0.39 is 0 Å². The van der Waals surface area contributed by atoms with Gasteiger partial charge in [0.05, 0.1) is 23.2 Å². The van der Waals surface area contributed by atoms with Crippen LogP contribution in [0.1, 0.15) is 48.7 Å². The van der Waals surface area contributed by atoms with Crippen molar-refractivity contribution in [1.29, 1.82) is 0 Å². The number of thiazole rings is 1. The van der Waals surface area contributed by atoms with Crippen molar-refractivity contribution in [3.8, 4) is 0 Å². The predicted octanol–water partition coefficient (Wildman–Crippen LogP) is 2.47. The van der Waals surface area contributed by atoms with E-state index in [-0.39, 0.29) is 6.04 Å². The number of nitrogens with zero attached hydrogens (tertiary/aromatic N) is 3. The standard InChI is InChI=1S/C12H18N4OS/c1-7(2)4-10(13)12-15-11(16-17-12)5-9-6-18-8(3)14-9/h6-7,10H,4-5,13H2,1-3H3/t10-/m0/s1. The van der Waals surface area contributed by atoms with Crippen molar-refractivity contribution in [1.82, 2.24) is 15.1 Å². The first-order chi connectivity index (χ1) is 8.54. The molecular formula is C12H18N4OS. The van der Waals surface area contributed by atoms with E-state index in [9.17, 15) is 0 Å². The van der Waals surface area contributed by atoms with E-state index in [1.165, 1.54) is 0 Å². The lowest BCUT2D eigenvalue weighted by atomic mass is 10.0. The molecule has 0 bridgehead atoms. The molecule has 2 aromatic heterocycles. The maximum absolute atomic E-state index is 6.00. The smallest absolute Gasteiger partial charge is 0.243 e. The van der Waals surface area contributed by atoms with Crippen molar-refractivity contribution in [2.45, 2.75) is 39.7 Å². The number of aryl methyl sites for hydroxylation is 1.